The highest BCUT2D eigenvalue weighted by atomic mass is 35.5. The number of benzene rings is 1. The van der Waals surface area contributed by atoms with Gasteiger partial charge in [0.25, 0.3) is 0 Å². The third-order valence-electron chi connectivity index (χ3n) is 3.46. The van der Waals surface area contributed by atoms with Crippen molar-refractivity contribution in [3.05, 3.63) is 29.8 Å². The summed E-state index contributed by atoms with van der Waals surface area (Å²) in [7, 11) is 0. The van der Waals surface area contributed by atoms with Crippen molar-refractivity contribution in [1.82, 2.24) is 4.90 Å². The zero-order valence-corrected chi connectivity index (χ0v) is 14.4. The Labute approximate surface area is 144 Å². The Hall–Kier alpha value is -0.880. The lowest BCUT2D eigenvalue weighted by molar-refractivity contribution is 0.271. The van der Waals surface area contributed by atoms with Gasteiger partial charge in [-0.2, -0.15) is 0 Å². The number of anilines is 1. The predicted molar refractivity (Wildman–Crippen MR) is 95.0 cm³/mol. The maximum Gasteiger partial charge on any atom is 0.170 e. The van der Waals surface area contributed by atoms with Crippen molar-refractivity contribution in [1.29, 1.82) is 0 Å². The molecule has 0 spiro atoms. The fraction of sp³-hybridized carbons (Fsp3) is 0.462. The lowest BCUT2D eigenvalue weighted by Crippen LogP contribution is -2.46. The van der Waals surface area contributed by atoms with Crippen LogP contribution in [0.3, 0.4) is 0 Å². The van der Waals surface area contributed by atoms with Crippen molar-refractivity contribution in [3.63, 3.8) is 0 Å². The fourth-order valence-electron chi connectivity index (χ4n) is 2.22. The number of hydrogen-bond donors (Lipinski definition) is 2. The van der Waals surface area contributed by atoms with Crippen LogP contribution in [0.15, 0.2) is 29.4 Å². The monoisotopic (exact) mass is 356 g/mol. The van der Waals surface area contributed by atoms with Crippen LogP contribution in [-0.4, -0.2) is 48.7 Å². The summed E-state index contributed by atoms with van der Waals surface area (Å²) in [4.78, 5) is 4.81. The van der Waals surface area contributed by atoms with E-state index in [0.717, 1.165) is 38.3 Å². The molecule has 1 aliphatic rings. The van der Waals surface area contributed by atoms with Crippen LogP contribution in [0, 0.1) is 0 Å². The SMILES string of the molecule is CCN1CCN(c2ccc(C(N)=NO)cc2)CC1.Cl.Cl.Cl. The minimum absolute atomic E-state index is 0. The van der Waals surface area contributed by atoms with Crippen molar-refractivity contribution < 1.29 is 5.21 Å². The molecule has 1 aromatic rings. The van der Waals surface area contributed by atoms with Crippen molar-refractivity contribution >= 4 is 48.7 Å². The van der Waals surface area contributed by atoms with Gasteiger partial charge >= 0.3 is 0 Å². The Kier molecular flexibility index (Phi) is 11.5. The van der Waals surface area contributed by atoms with Gasteiger partial charge in [0, 0.05) is 37.4 Å². The normalized spacial score (nSPS) is 15.5. The number of rotatable bonds is 3. The Morgan fingerprint density at radius 3 is 2.05 bits per heavy atom. The highest BCUT2D eigenvalue weighted by molar-refractivity contribution is 5.97. The number of nitrogens with two attached hydrogens (primary N) is 1. The first-order chi connectivity index (χ1) is 8.74. The highest BCUT2D eigenvalue weighted by Crippen LogP contribution is 2.17. The average molecular weight is 358 g/mol. The minimum Gasteiger partial charge on any atom is -0.409 e. The number of piperazine rings is 1. The van der Waals surface area contributed by atoms with Crippen LogP contribution in [0.5, 0.6) is 0 Å². The second-order valence-electron chi connectivity index (χ2n) is 4.45. The molecule has 0 aliphatic carbocycles. The molecule has 0 bridgehead atoms. The summed E-state index contributed by atoms with van der Waals surface area (Å²) in [5.41, 5.74) is 7.48. The Balaban J connectivity index is 0. The number of oxime groups is 1. The van der Waals surface area contributed by atoms with Gasteiger partial charge < -0.3 is 20.7 Å². The number of hydrogen-bond acceptors (Lipinski definition) is 4. The van der Waals surface area contributed by atoms with Gasteiger partial charge in [-0.15, -0.1) is 37.2 Å². The van der Waals surface area contributed by atoms with E-state index in [1.807, 2.05) is 24.3 Å². The molecular weight excluding hydrogens is 335 g/mol. The summed E-state index contributed by atoms with van der Waals surface area (Å²) in [6.07, 6.45) is 0. The van der Waals surface area contributed by atoms with E-state index in [9.17, 15) is 0 Å². The summed E-state index contributed by atoms with van der Waals surface area (Å²) < 4.78 is 0. The molecule has 0 amide bonds. The van der Waals surface area contributed by atoms with Crippen LogP contribution in [0.1, 0.15) is 12.5 Å². The summed E-state index contributed by atoms with van der Waals surface area (Å²) in [6.45, 7) is 7.64. The highest BCUT2D eigenvalue weighted by Gasteiger charge is 2.15. The lowest BCUT2D eigenvalue weighted by atomic mass is 10.1. The molecule has 0 saturated carbocycles. The summed E-state index contributed by atoms with van der Waals surface area (Å²) in [5.74, 6) is 0.150. The van der Waals surface area contributed by atoms with E-state index < -0.39 is 0 Å². The number of likely N-dealkylation sites (N-methyl/N-ethyl adjacent to an activating group) is 1. The van der Waals surface area contributed by atoms with Gasteiger partial charge in [0.05, 0.1) is 0 Å². The first-order valence-electron chi connectivity index (χ1n) is 6.30. The molecule has 2 rings (SSSR count). The second kappa shape index (κ2) is 10.8. The van der Waals surface area contributed by atoms with Crippen LogP contribution < -0.4 is 10.6 Å². The van der Waals surface area contributed by atoms with Crippen molar-refractivity contribution in [2.45, 2.75) is 6.92 Å². The number of nitrogens with zero attached hydrogens (tertiary/aromatic N) is 3. The second-order valence-corrected chi connectivity index (χ2v) is 4.45. The molecule has 1 aliphatic heterocycles. The summed E-state index contributed by atoms with van der Waals surface area (Å²) >= 11 is 0. The van der Waals surface area contributed by atoms with E-state index in [1.165, 1.54) is 5.69 Å². The molecule has 1 heterocycles. The van der Waals surface area contributed by atoms with E-state index in [1.54, 1.807) is 0 Å². The lowest BCUT2D eigenvalue weighted by Gasteiger charge is -2.35. The molecule has 0 radical (unpaired) electrons. The molecule has 8 heteroatoms. The number of amidine groups is 1. The molecule has 0 aromatic heterocycles. The van der Waals surface area contributed by atoms with Gasteiger partial charge in [0.2, 0.25) is 0 Å². The largest absolute Gasteiger partial charge is 0.409 e. The van der Waals surface area contributed by atoms with Crippen molar-refractivity contribution in [3.8, 4) is 0 Å². The predicted octanol–water partition coefficient (Wildman–Crippen LogP) is 2.19. The van der Waals surface area contributed by atoms with Crippen molar-refractivity contribution in [2.75, 3.05) is 37.6 Å². The third kappa shape index (κ3) is 5.79. The van der Waals surface area contributed by atoms with Gasteiger partial charge in [0.1, 0.15) is 0 Å². The molecule has 1 saturated heterocycles. The minimum atomic E-state index is 0. The van der Waals surface area contributed by atoms with Gasteiger partial charge in [-0.3, -0.25) is 0 Å². The van der Waals surface area contributed by atoms with Crippen LogP contribution in [0.25, 0.3) is 0 Å². The van der Waals surface area contributed by atoms with Gasteiger partial charge in [-0.25, -0.2) is 0 Å². The molecule has 0 atom stereocenters. The zero-order chi connectivity index (χ0) is 13.0. The molecule has 1 fully saturated rings. The number of halogens is 3. The van der Waals surface area contributed by atoms with E-state index in [0.29, 0.717) is 0 Å². The Morgan fingerprint density at radius 1 is 1.10 bits per heavy atom. The third-order valence-corrected chi connectivity index (χ3v) is 3.46. The van der Waals surface area contributed by atoms with Crippen molar-refractivity contribution in [2.24, 2.45) is 10.9 Å². The van der Waals surface area contributed by atoms with E-state index in [2.05, 4.69) is 21.9 Å². The van der Waals surface area contributed by atoms with E-state index in [4.69, 9.17) is 10.9 Å². The molecule has 122 valence electrons. The quantitative estimate of drug-likeness (QED) is 0.377. The fourth-order valence-corrected chi connectivity index (χ4v) is 2.22. The van der Waals surface area contributed by atoms with E-state index in [-0.39, 0.29) is 43.1 Å². The van der Waals surface area contributed by atoms with Gasteiger partial charge in [-0.05, 0) is 30.8 Å². The summed E-state index contributed by atoms with van der Waals surface area (Å²) in [6, 6.07) is 7.82. The summed E-state index contributed by atoms with van der Waals surface area (Å²) in [5, 5.41) is 11.6. The Morgan fingerprint density at radius 2 is 1.62 bits per heavy atom. The maximum atomic E-state index is 8.61. The molecule has 5 nitrogen and oxygen atoms in total. The smallest absolute Gasteiger partial charge is 0.170 e. The molecule has 21 heavy (non-hydrogen) atoms. The van der Waals surface area contributed by atoms with Crippen LogP contribution in [0.2, 0.25) is 0 Å². The molecular formula is C13H23Cl3N4O. The topological polar surface area (TPSA) is 65.1 Å². The van der Waals surface area contributed by atoms with E-state index >= 15 is 0 Å². The zero-order valence-electron chi connectivity index (χ0n) is 11.9. The molecule has 1 aromatic carbocycles. The Bertz CT molecular complexity index is 420. The van der Waals surface area contributed by atoms with Gasteiger partial charge in [-0.1, -0.05) is 12.1 Å². The average Bonchev–Trinajstić information content (AvgIpc) is 2.47. The first kappa shape index (κ1) is 22.4. The van der Waals surface area contributed by atoms with Crippen LogP contribution >= 0.6 is 37.2 Å². The molecule has 0 unspecified atom stereocenters. The van der Waals surface area contributed by atoms with Crippen LogP contribution in [0.4, 0.5) is 5.69 Å². The maximum absolute atomic E-state index is 8.61. The first-order valence-corrected chi connectivity index (χ1v) is 6.30. The van der Waals surface area contributed by atoms with Gasteiger partial charge in [0.15, 0.2) is 5.84 Å². The standard InChI is InChI=1S/C13H20N4O.3ClH/c1-2-16-7-9-17(10-8-16)12-5-3-11(4-6-12)13(14)15-18;;;/h3-6,18H,2,7-10H2,1H3,(H2,14,15);3*1H. The van der Waals surface area contributed by atoms with Crippen LogP contribution in [-0.2, 0) is 0 Å². The molecule has 3 N–H and O–H groups in total.